The minimum atomic E-state index is -0.594. The van der Waals surface area contributed by atoms with Crippen LogP contribution in [0.25, 0.3) is 60.0 Å². The highest BCUT2D eigenvalue weighted by Gasteiger charge is 2.28. The van der Waals surface area contributed by atoms with E-state index in [2.05, 4.69) is 77.2 Å². The van der Waals surface area contributed by atoms with Gasteiger partial charge in [0.05, 0.1) is 93.1 Å². The van der Waals surface area contributed by atoms with Crippen LogP contribution in [0.2, 0.25) is 5.02 Å². The van der Waals surface area contributed by atoms with Crippen molar-refractivity contribution in [3.05, 3.63) is 368 Å². The molecule has 0 aliphatic carbocycles. The van der Waals surface area contributed by atoms with Crippen LogP contribution in [0.5, 0.6) is 23.0 Å². The van der Waals surface area contributed by atoms with Crippen LogP contribution in [0.3, 0.4) is 0 Å². The molecule has 4 amide bonds. The summed E-state index contributed by atoms with van der Waals surface area (Å²) in [4.78, 5) is 107. The number of aromatic nitrogens is 4. The fourth-order valence-corrected chi connectivity index (χ4v) is 16.0. The molecule has 684 valence electrons. The van der Waals surface area contributed by atoms with E-state index in [-0.39, 0.29) is 102 Å². The monoisotopic (exact) mass is 1890 g/mol. The summed E-state index contributed by atoms with van der Waals surface area (Å²) in [6, 6.07) is 77.1. The summed E-state index contributed by atoms with van der Waals surface area (Å²) < 4.78 is 11.9. The van der Waals surface area contributed by atoms with Gasteiger partial charge in [-0.3, -0.25) is 38.5 Å². The van der Waals surface area contributed by atoms with E-state index in [4.69, 9.17) is 25.9 Å². The second-order valence-corrected chi connectivity index (χ2v) is 32.3. The number of carbonyl (C=O) groups is 8. The Labute approximate surface area is 797 Å². The Morgan fingerprint density at radius 3 is 1.36 bits per heavy atom. The van der Waals surface area contributed by atoms with E-state index in [0.717, 1.165) is 28.2 Å². The highest BCUT2D eigenvalue weighted by Crippen LogP contribution is 2.47. The lowest BCUT2D eigenvalue weighted by Gasteiger charge is -2.12. The number of nitrogens with zero attached hydrogens (tertiary/aromatic N) is 12. The Morgan fingerprint density at radius 1 is 0.457 bits per heavy atom. The van der Waals surface area contributed by atoms with Crippen LogP contribution in [-0.2, 0) is 18.0 Å². The highest BCUT2D eigenvalue weighted by atomic mass is 35.5. The molecule has 0 saturated heterocycles. The van der Waals surface area contributed by atoms with Gasteiger partial charge in [0.2, 0.25) is 5.88 Å². The van der Waals surface area contributed by atoms with Gasteiger partial charge in [-0.1, -0.05) is 175 Å². The van der Waals surface area contributed by atoms with Crippen molar-refractivity contribution in [3.8, 4) is 39.9 Å². The number of pyridine rings is 2. The number of esters is 1. The maximum absolute atomic E-state index is 13.3. The fourth-order valence-electron chi connectivity index (χ4n) is 14.1. The van der Waals surface area contributed by atoms with Crippen LogP contribution in [-0.4, -0.2) is 106 Å². The van der Waals surface area contributed by atoms with E-state index in [0.29, 0.717) is 134 Å². The Kier molecular flexibility index (Phi) is 29.9. The molecule has 0 spiro atoms. The Bertz CT molecular complexity index is 7770. The first-order valence-electron chi connectivity index (χ1n) is 41.8. The molecule has 0 aliphatic heterocycles. The summed E-state index contributed by atoms with van der Waals surface area (Å²) in [5, 5.41) is 120. The highest BCUT2D eigenvalue weighted by molar-refractivity contribution is 7.18. The second-order valence-electron chi connectivity index (χ2n) is 30.0. The molecule has 0 fully saturated rings. The number of benzene rings is 12. The lowest BCUT2D eigenvalue weighted by Crippen LogP contribution is -2.13. The third-order valence-electron chi connectivity index (χ3n) is 21.4. The van der Waals surface area contributed by atoms with Crippen LogP contribution in [0, 0.1) is 20.8 Å². The summed E-state index contributed by atoms with van der Waals surface area (Å²) in [6.45, 7) is 4.88. The topological polar surface area (TPSA) is 471 Å². The quantitative estimate of drug-likeness (QED) is 0.0153. The molecule has 0 bridgehead atoms. The zero-order chi connectivity index (χ0) is 97.0. The lowest BCUT2D eigenvalue weighted by atomic mass is 10.0. The predicted octanol–water partition coefficient (Wildman–Crippen LogP) is 25.0. The van der Waals surface area contributed by atoms with Crippen molar-refractivity contribution in [1.82, 2.24) is 19.7 Å². The maximum Gasteiger partial charge on any atom is 0.348 e. The normalized spacial score (nSPS) is 11.2. The van der Waals surface area contributed by atoms with Crippen LogP contribution in [0.15, 0.2) is 336 Å². The van der Waals surface area contributed by atoms with Crippen LogP contribution in [0.4, 0.5) is 67.3 Å². The van der Waals surface area contributed by atoms with E-state index < -0.39 is 35.3 Å². The molecule has 0 atom stereocenters. The second kappa shape index (κ2) is 43.6. The van der Waals surface area contributed by atoms with E-state index in [1.54, 1.807) is 219 Å². The van der Waals surface area contributed by atoms with Gasteiger partial charge in [0.15, 0.2) is 47.7 Å². The number of hydrogen-bond donors (Lipinski definition) is 10. The fraction of sp³-hybridized carbons (Fsp3) is 0.0583. The molecular weight excluding hydrogens is 1820 g/mol. The van der Waals surface area contributed by atoms with Crippen molar-refractivity contribution in [1.29, 1.82) is 0 Å². The van der Waals surface area contributed by atoms with Gasteiger partial charge < -0.3 is 61.1 Å². The minimum Gasteiger partial charge on any atom is -0.505 e. The van der Waals surface area contributed by atoms with Crippen molar-refractivity contribution in [3.63, 3.8) is 0 Å². The van der Waals surface area contributed by atoms with Gasteiger partial charge in [-0.25, -0.2) is 14.5 Å². The number of hydrogen-bond acceptors (Lipinski definition) is 29. The molecule has 18 rings (SSSR count). The summed E-state index contributed by atoms with van der Waals surface area (Å²) in [6.07, 6.45) is 6.83. The number of ether oxygens (including phenoxy) is 1. The minimum absolute atomic E-state index is 0.0146. The van der Waals surface area contributed by atoms with Crippen molar-refractivity contribution < 1.29 is 78.1 Å². The summed E-state index contributed by atoms with van der Waals surface area (Å²) in [7, 11) is 1.24. The molecule has 0 radical (unpaired) electrons. The predicted molar refractivity (Wildman–Crippen MR) is 527 cm³/mol. The number of halogens is 1. The van der Waals surface area contributed by atoms with Gasteiger partial charge in [-0.15, -0.1) is 63.6 Å². The number of methoxy groups -OCH3 is 1. The molecule has 0 unspecified atom stereocenters. The molecular formula is C103H77ClN16O16S2. The Morgan fingerprint density at radius 2 is 0.899 bits per heavy atom. The van der Waals surface area contributed by atoms with Crippen LogP contribution < -0.4 is 21.3 Å². The van der Waals surface area contributed by atoms with Crippen molar-refractivity contribution in [2.45, 2.75) is 34.0 Å². The summed E-state index contributed by atoms with van der Waals surface area (Å²) in [5.41, 5.74) is 7.42. The Hall–Kier alpha value is -18.0. The van der Waals surface area contributed by atoms with Gasteiger partial charge in [0, 0.05) is 50.9 Å². The average molecular weight is 1890 g/mol. The number of nitrogens with one attached hydrogen (secondary N) is 4. The lowest BCUT2D eigenvalue weighted by molar-refractivity contribution is 0.0604. The van der Waals surface area contributed by atoms with Gasteiger partial charge in [0.25, 0.3) is 23.6 Å². The number of amides is 4. The zero-order valence-electron chi connectivity index (χ0n) is 73.2. The smallest absolute Gasteiger partial charge is 0.348 e. The number of aryl methyl sites for hydroxylation is 1. The molecule has 0 aliphatic rings. The average Bonchev–Trinajstić information content (AvgIpc) is 1.01. The number of azo groups is 4. The number of rotatable bonds is 24. The molecule has 10 N–H and O–H groups in total. The van der Waals surface area contributed by atoms with Gasteiger partial charge in [-0.05, 0) is 168 Å². The van der Waals surface area contributed by atoms with E-state index in [9.17, 15) is 63.9 Å². The molecule has 6 heterocycles. The van der Waals surface area contributed by atoms with E-state index in [1.165, 1.54) is 24.5 Å². The largest absolute Gasteiger partial charge is 0.505 e. The zero-order valence-corrected chi connectivity index (χ0v) is 75.6. The number of aliphatic hydroxyl groups is 2. The van der Waals surface area contributed by atoms with Crippen LogP contribution in [0.1, 0.15) is 110 Å². The number of aromatic hydroxyl groups is 4. The molecule has 6 aromatic heterocycles. The van der Waals surface area contributed by atoms with Crippen LogP contribution >= 0.6 is 34.3 Å². The molecule has 32 nitrogen and oxygen atoms in total. The first-order valence-corrected chi connectivity index (χ1v) is 43.9. The number of fused-ring (bicyclic) bond motifs is 4. The first-order chi connectivity index (χ1) is 67.1. The molecule has 18 aromatic rings. The SMILES string of the molecule is COC(=O)c1sc(N=Nc2c(O)c(C(=O)Nc3ccccc3Cl)cc3ccccc23)c(C=O)c1C.Cc1oc(N=Nc2c(O)c(C(=O)Nc3ccccn3)cc3ccccc23)c(C=O)c1C.O=C(Nc1ccc(CO)cc1)c1cc2ccccc2c(N=Nc2c(-c3ccccn3)cnn2-c2ccccc2)c1O.O=Cc1ccsc1N=Nc1c(O)c(C(=O)Nc2ccc(CO)cc2)cc2ccccc12. The molecule has 138 heavy (non-hydrogen) atoms. The number of phenols is 4. The van der Waals surface area contributed by atoms with Gasteiger partial charge in [0.1, 0.15) is 49.2 Å². The number of anilines is 4. The van der Waals surface area contributed by atoms with Crippen molar-refractivity contribution >= 4 is 193 Å². The van der Waals surface area contributed by atoms with Gasteiger partial charge >= 0.3 is 5.97 Å². The third kappa shape index (κ3) is 21.2. The number of aldehydes is 3. The van der Waals surface area contributed by atoms with Crippen molar-refractivity contribution in [2.24, 2.45) is 40.9 Å². The van der Waals surface area contributed by atoms with Crippen molar-refractivity contribution in [2.75, 3.05) is 28.4 Å². The number of furan rings is 1. The van der Waals surface area contributed by atoms with E-state index in [1.807, 2.05) is 91.0 Å². The molecule has 12 aromatic carbocycles. The van der Waals surface area contributed by atoms with Gasteiger partial charge in [-0.2, -0.15) is 5.10 Å². The van der Waals surface area contributed by atoms with E-state index >= 15 is 0 Å². The number of phenolic OH excluding ortho intramolecular Hbond substituents is 4. The number of para-hydroxylation sites is 2. The summed E-state index contributed by atoms with van der Waals surface area (Å²) in [5.74, 6) is -2.76. The first kappa shape index (κ1) is 94.7. The Balaban J connectivity index is 0.000000140. The standard InChI is InChI=1S/C32H24N6O3.C25H18ClN3O5S.C23H18N4O4.C23H17N3O4S/c39-20-21-13-15-23(16-14-21)35-32(41)26-18-22-8-4-5-11-25(22)29(30(26)40)36-37-31-27(28-12-6-7-17-33-28)19-34-38(31)24-9-2-1-3-10-24;1-13-17(12-30)24(35-22(13)25(33)34-2)29-28-20-15-8-4-3-7-14(15)11-16(21(20)31)23(32)27-19-10-6-5-9-18(19)26;1-13-14(2)31-23(18(13)12-28)27-26-20-16-8-4-3-7-15(16)11-17(21(20)29)22(30)25-19-9-5-6-10-24-19;27-12-14-5-7-17(8-6-14)24-22(30)19-11-15-3-1-2-4-18(15)20(21(19)29)25-26-23-16(13-28)9-10-31-23/h1-19,39-40H,20H2,(H,35,41);3-12,31H,1-2H3,(H,27,32);3-12,29H,1-2H3,(H,24,25,30);1-11,13,27,29H,12H2,(H,24,30). The third-order valence-corrected chi connectivity index (χ3v) is 23.7. The molecule has 35 heteroatoms. The molecule has 0 saturated carbocycles. The maximum atomic E-state index is 13.3. The summed E-state index contributed by atoms with van der Waals surface area (Å²) >= 11 is 8.34. The number of thiophene rings is 2. The number of carbonyl (C=O) groups excluding carboxylic acids is 8. The number of aliphatic hydroxyl groups excluding tert-OH is 2.